The molecular formula is C24H34Cl2F2N2O6. The number of nitrogens with one attached hydrogen (secondary N) is 2. The molecular weight excluding hydrogens is 521 g/mol. The Morgan fingerprint density at radius 2 is 1.67 bits per heavy atom. The fraction of sp³-hybridized carbons (Fsp3) is 0.917. The number of hydrogen-bond donors (Lipinski definition) is 3. The Bertz CT molecular complexity index is 858. The topological polar surface area (TPSA) is 106 Å². The smallest absolute Gasteiger partial charge is 0.391 e. The molecule has 5 saturated carbocycles. The molecule has 36 heavy (non-hydrogen) atoms. The van der Waals surface area contributed by atoms with Crippen LogP contribution in [-0.4, -0.2) is 76.1 Å². The van der Waals surface area contributed by atoms with E-state index in [2.05, 4.69) is 20.1 Å². The minimum Gasteiger partial charge on any atom is -0.391 e. The quantitative estimate of drug-likeness (QED) is 0.436. The third-order valence-corrected chi connectivity index (χ3v) is 10.0. The van der Waals surface area contributed by atoms with Gasteiger partial charge in [-0.05, 0) is 70.6 Å². The number of carbonyl (C=O) groups excluding carboxylic acids is 2. The molecule has 0 spiro atoms. The van der Waals surface area contributed by atoms with Gasteiger partial charge in [-0.15, -0.1) is 32.0 Å². The molecule has 6 rings (SSSR count). The first-order chi connectivity index (χ1) is 17.0. The first kappa shape index (κ1) is 26.8. The molecule has 2 amide bonds. The van der Waals surface area contributed by atoms with E-state index in [0.717, 1.165) is 12.8 Å². The van der Waals surface area contributed by atoms with Gasteiger partial charge in [0.05, 0.1) is 40.7 Å². The summed E-state index contributed by atoms with van der Waals surface area (Å²) in [7, 11) is 0. The second-order valence-electron chi connectivity index (χ2n) is 11.3. The van der Waals surface area contributed by atoms with Crippen LogP contribution in [0.4, 0.5) is 8.78 Å². The molecule has 1 aliphatic heterocycles. The van der Waals surface area contributed by atoms with E-state index in [0.29, 0.717) is 51.4 Å². The van der Waals surface area contributed by atoms with Crippen LogP contribution in [0.1, 0.15) is 70.6 Å². The Balaban J connectivity index is 1.10. The van der Waals surface area contributed by atoms with Crippen LogP contribution in [0.3, 0.4) is 0 Å². The highest BCUT2D eigenvalue weighted by atomic mass is 35.5. The Kier molecular flexibility index (Phi) is 7.50. The highest BCUT2D eigenvalue weighted by Crippen LogP contribution is 2.48. The van der Waals surface area contributed by atoms with Crippen LogP contribution in [0.25, 0.3) is 0 Å². The number of fused-ring (bicyclic) bond motifs is 4. The number of aliphatic hydroxyl groups excluding tert-OH is 1. The first-order valence-corrected chi connectivity index (χ1v) is 13.8. The zero-order valence-corrected chi connectivity index (χ0v) is 21.5. The summed E-state index contributed by atoms with van der Waals surface area (Å²) in [6.45, 7) is -0.105. The maximum absolute atomic E-state index is 13.4. The van der Waals surface area contributed by atoms with Crippen molar-refractivity contribution in [2.24, 2.45) is 5.92 Å². The Morgan fingerprint density at radius 1 is 0.944 bits per heavy atom. The SMILES string of the molecule is O=C(COC1CCC(Cl)C(Cl)C1)NC12CCC(NC(=O)C3CCC4OC(F)(F)OC4C3)(CC1)C[C@@H]2O. The van der Waals surface area contributed by atoms with Gasteiger partial charge < -0.3 is 20.5 Å². The lowest BCUT2D eigenvalue weighted by Crippen LogP contribution is -2.70. The van der Waals surface area contributed by atoms with Crippen molar-refractivity contribution in [2.75, 3.05) is 6.61 Å². The average Bonchev–Trinajstić information content (AvgIpc) is 3.14. The predicted octanol–water partition coefficient (Wildman–Crippen LogP) is 2.95. The van der Waals surface area contributed by atoms with E-state index in [-0.39, 0.29) is 41.7 Å². The van der Waals surface area contributed by atoms with Crippen molar-refractivity contribution in [3.05, 3.63) is 0 Å². The second-order valence-corrected chi connectivity index (χ2v) is 12.4. The van der Waals surface area contributed by atoms with E-state index in [9.17, 15) is 23.5 Å². The lowest BCUT2D eigenvalue weighted by molar-refractivity contribution is -0.351. The molecule has 8 nitrogen and oxygen atoms in total. The molecule has 2 bridgehead atoms. The number of carbonyl (C=O) groups is 2. The Labute approximate surface area is 219 Å². The van der Waals surface area contributed by atoms with Crippen molar-refractivity contribution >= 4 is 35.0 Å². The van der Waals surface area contributed by atoms with Crippen molar-refractivity contribution in [1.82, 2.24) is 10.6 Å². The van der Waals surface area contributed by atoms with Gasteiger partial charge in [0, 0.05) is 11.5 Å². The standard InChI is InChI=1S/C24H34Cl2F2N2O6/c25-15-3-2-14(10-16(15)26)34-12-20(32)29-23-7-5-22(6-8-23,11-19(23)31)30-21(33)13-1-4-17-18(9-13)36-24(27,28)35-17/h13-19,31H,1-12H2,(H,29,32)(H,30,33)/t13?,14?,15?,16?,17?,18?,19-,22?,23?/m0/s1. The highest BCUT2D eigenvalue weighted by molar-refractivity contribution is 6.30. The number of rotatable bonds is 6. The molecule has 0 radical (unpaired) electrons. The largest absolute Gasteiger partial charge is 0.486 e. The van der Waals surface area contributed by atoms with Crippen molar-refractivity contribution in [2.45, 2.75) is 123 Å². The minimum absolute atomic E-state index is 0.0792. The molecule has 204 valence electrons. The van der Waals surface area contributed by atoms with Crippen molar-refractivity contribution in [3.63, 3.8) is 0 Å². The molecule has 0 aromatic heterocycles. The van der Waals surface area contributed by atoms with E-state index in [1.165, 1.54) is 0 Å². The fourth-order valence-electron chi connectivity index (χ4n) is 6.71. The van der Waals surface area contributed by atoms with Crippen LogP contribution >= 0.6 is 23.2 Å². The van der Waals surface area contributed by atoms with Gasteiger partial charge in [0.1, 0.15) is 6.61 Å². The summed E-state index contributed by atoms with van der Waals surface area (Å²) in [4.78, 5) is 25.7. The van der Waals surface area contributed by atoms with Gasteiger partial charge in [-0.25, -0.2) is 0 Å². The molecule has 5 aliphatic carbocycles. The lowest BCUT2D eigenvalue weighted by Gasteiger charge is -2.56. The van der Waals surface area contributed by atoms with Crippen molar-refractivity contribution in [3.8, 4) is 0 Å². The van der Waals surface area contributed by atoms with E-state index in [1.807, 2.05) is 0 Å². The van der Waals surface area contributed by atoms with Gasteiger partial charge in [0.2, 0.25) is 11.8 Å². The van der Waals surface area contributed by atoms with Crippen LogP contribution in [0.5, 0.6) is 0 Å². The third kappa shape index (κ3) is 5.50. The molecule has 6 fully saturated rings. The summed E-state index contributed by atoms with van der Waals surface area (Å²) in [5.74, 6) is -0.920. The van der Waals surface area contributed by atoms with Gasteiger partial charge >= 0.3 is 6.29 Å². The van der Waals surface area contributed by atoms with E-state index >= 15 is 0 Å². The summed E-state index contributed by atoms with van der Waals surface area (Å²) >= 11 is 12.4. The fourth-order valence-corrected chi connectivity index (χ4v) is 7.26. The van der Waals surface area contributed by atoms with E-state index in [1.54, 1.807) is 0 Å². The maximum Gasteiger partial charge on any atom is 0.486 e. The second kappa shape index (κ2) is 10.1. The summed E-state index contributed by atoms with van der Waals surface area (Å²) in [6, 6.07) is 0. The molecule has 6 aliphatic rings. The van der Waals surface area contributed by atoms with Crippen LogP contribution in [0.15, 0.2) is 0 Å². The van der Waals surface area contributed by atoms with Crippen molar-refractivity contribution in [1.29, 1.82) is 0 Å². The average molecular weight is 555 g/mol. The monoisotopic (exact) mass is 554 g/mol. The lowest BCUT2D eigenvalue weighted by atomic mass is 9.59. The van der Waals surface area contributed by atoms with Gasteiger partial charge in [-0.3, -0.25) is 19.1 Å². The van der Waals surface area contributed by atoms with Gasteiger partial charge in [0.15, 0.2) is 0 Å². The molecule has 7 atom stereocenters. The molecule has 6 unspecified atom stereocenters. The normalized spacial score (nSPS) is 45.6. The minimum atomic E-state index is -3.59. The van der Waals surface area contributed by atoms with Crippen LogP contribution in [0, 0.1) is 5.92 Å². The molecule has 0 aromatic rings. The van der Waals surface area contributed by atoms with Gasteiger partial charge in [0.25, 0.3) is 0 Å². The number of amides is 2. The molecule has 12 heteroatoms. The van der Waals surface area contributed by atoms with E-state index in [4.69, 9.17) is 27.9 Å². The zero-order valence-electron chi connectivity index (χ0n) is 20.0. The number of alkyl halides is 4. The van der Waals surface area contributed by atoms with Crippen LogP contribution < -0.4 is 10.6 Å². The maximum atomic E-state index is 13.4. The number of aliphatic hydroxyl groups is 1. The zero-order chi connectivity index (χ0) is 25.7. The van der Waals surface area contributed by atoms with Crippen LogP contribution in [-0.2, 0) is 23.8 Å². The molecule has 3 N–H and O–H groups in total. The Morgan fingerprint density at radius 3 is 2.36 bits per heavy atom. The predicted molar refractivity (Wildman–Crippen MR) is 126 cm³/mol. The molecule has 0 aromatic carbocycles. The first-order valence-electron chi connectivity index (χ1n) is 12.9. The number of ether oxygens (including phenoxy) is 3. The summed E-state index contributed by atoms with van der Waals surface area (Å²) in [6.07, 6.45) is -0.335. The van der Waals surface area contributed by atoms with Gasteiger partial charge in [-0.1, -0.05) is 0 Å². The summed E-state index contributed by atoms with van der Waals surface area (Å²) in [5, 5.41) is 16.9. The highest BCUT2D eigenvalue weighted by Gasteiger charge is 2.56. The third-order valence-electron chi connectivity index (χ3n) is 8.87. The Hall–Kier alpha value is -0.780. The molecule has 1 heterocycles. The number of halogens is 4. The molecule has 1 saturated heterocycles. The van der Waals surface area contributed by atoms with Crippen LogP contribution in [0.2, 0.25) is 0 Å². The van der Waals surface area contributed by atoms with Gasteiger partial charge in [-0.2, -0.15) is 0 Å². The van der Waals surface area contributed by atoms with Crippen molar-refractivity contribution < 1.29 is 37.7 Å². The van der Waals surface area contributed by atoms with E-state index < -0.39 is 41.6 Å². The number of hydrogen-bond acceptors (Lipinski definition) is 6. The summed E-state index contributed by atoms with van der Waals surface area (Å²) in [5.41, 5.74) is -1.31. The summed E-state index contributed by atoms with van der Waals surface area (Å²) < 4.78 is 41.8.